The molecule has 0 radical (unpaired) electrons. The molecule has 1 atom stereocenters. The summed E-state index contributed by atoms with van der Waals surface area (Å²) in [6, 6.07) is 10.1. The molecule has 118 valence electrons. The maximum atomic E-state index is 5.41. The summed E-state index contributed by atoms with van der Waals surface area (Å²) in [6.07, 6.45) is 1.78. The van der Waals surface area contributed by atoms with Crippen molar-refractivity contribution in [2.45, 2.75) is 19.5 Å². The van der Waals surface area contributed by atoms with E-state index in [0.717, 1.165) is 26.9 Å². The summed E-state index contributed by atoms with van der Waals surface area (Å²) in [7, 11) is 1.62. The smallest absolute Gasteiger partial charge is 0.215 e. The highest BCUT2D eigenvalue weighted by atomic mass is 79.9. The lowest BCUT2D eigenvalue weighted by atomic mass is 9.92. The van der Waals surface area contributed by atoms with Gasteiger partial charge < -0.3 is 10.1 Å². The summed E-state index contributed by atoms with van der Waals surface area (Å²) in [5.74, 6) is 0.611. The van der Waals surface area contributed by atoms with Gasteiger partial charge in [0.15, 0.2) is 5.66 Å². The Balaban J connectivity index is 2.22. The molecule has 1 N–H and O–H groups in total. The summed E-state index contributed by atoms with van der Waals surface area (Å²) in [5.41, 5.74) is 2.93. The molecule has 6 heteroatoms. The SMILES string of the molecule is COc1ncc([C@]2(c3cccc(Br)c3)N=C(C)C(=S)N2)cc1C. The fourth-order valence-electron chi connectivity index (χ4n) is 2.71. The monoisotopic (exact) mass is 389 g/mol. The zero-order valence-corrected chi connectivity index (χ0v) is 15.5. The van der Waals surface area contributed by atoms with E-state index in [-0.39, 0.29) is 0 Å². The summed E-state index contributed by atoms with van der Waals surface area (Å²) in [6.45, 7) is 3.88. The van der Waals surface area contributed by atoms with Gasteiger partial charge in [-0.1, -0.05) is 40.3 Å². The number of ether oxygens (including phenoxy) is 1. The minimum atomic E-state index is -0.755. The molecule has 0 fully saturated rings. The van der Waals surface area contributed by atoms with Crippen molar-refractivity contribution in [1.29, 1.82) is 0 Å². The van der Waals surface area contributed by atoms with Gasteiger partial charge in [-0.15, -0.1) is 0 Å². The second kappa shape index (κ2) is 6.02. The topological polar surface area (TPSA) is 46.5 Å². The summed E-state index contributed by atoms with van der Waals surface area (Å²) in [4.78, 5) is 9.89. The Hall–Kier alpha value is -1.79. The maximum absolute atomic E-state index is 5.41. The number of aliphatic imine (C=N–C) groups is 1. The molecule has 0 spiro atoms. The van der Waals surface area contributed by atoms with Gasteiger partial charge in [0.05, 0.1) is 12.8 Å². The van der Waals surface area contributed by atoms with E-state index in [1.54, 1.807) is 13.3 Å². The van der Waals surface area contributed by atoms with E-state index in [1.807, 2.05) is 44.2 Å². The van der Waals surface area contributed by atoms with Gasteiger partial charge in [0, 0.05) is 27.4 Å². The molecule has 0 amide bonds. The van der Waals surface area contributed by atoms with Crippen molar-refractivity contribution < 1.29 is 4.74 Å². The van der Waals surface area contributed by atoms with Crippen LogP contribution in [0.2, 0.25) is 0 Å². The van der Waals surface area contributed by atoms with Crippen molar-refractivity contribution in [2.75, 3.05) is 7.11 Å². The number of aromatic nitrogens is 1. The molecule has 4 nitrogen and oxygen atoms in total. The number of nitrogens with one attached hydrogen (secondary N) is 1. The first-order valence-electron chi connectivity index (χ1n) is 7.12. The van der Waals surface area contributed by atoms with Crippen LogP contribution in [0.4, 0.5) is 0 Å². The minimum Gasteiger partial charge on any atom is -0.481 e. The molecule has 1 aliphatic heterocycles. The highest BCUT2D eigenvalue weighted by Gasteiger charge is 2.40. The molecule has 1 aromatic heterocycles. The van der Waals surface area contributed by atoms with E-state index in [9.17, 15) is 0 Å². The first-order valence-corrected chi connectivity index (χ1v) is 8.32. The van der Waals surface area contributed by atoms with Crippen LogP contribution in [0.3, 0.4) is 0 Å². The molecule has 2 heterocycles. The number of halogens is 1. The van der Waals surface area contributed by atoms with Crippen molar-refractivity contribution in [3.05, 3.63) is 57.7 Å². The van der Waals surface area contributed by atoms with Gasteiger partial charge in [0.2, 0.25) is 5.88 Å². The van der Waals surface area contributed by atoms with Gasteiger partial charge in [-0.3, -0.25) is 0 Å². The van der Waals surface area contributed by atoms with Gasteiger partial charge in [-0.25, -0.2) is 9.98 Å². The third-order valence-corrected chi connectivity index (χ3v) is 4.73. The Morgan fingerprint density at radius 2 is 2.00 bits per heavy atom. The Kier molecular flexibility index (Phi) is 4.21. The summed E-state index contributed by atoms with van der Waals surface area (Å²) < 4.78 is 6.25. The van der Waals surface area contributed by atoms with E-state index < -0.39 is 5.66 Å². The number of benzene rings is 1. The molecular formula is C17H16BrN3OS. The fourth-order valence-corrected chi connectivity index (χ4v) is 3.31. The van der Waals surface area contributed by atoms with Gasteiger partial charge >= 0.3 is 0 Å². The Labute approximate surface area is 149 Å². The van der Waals surface area contributed by atoms with Crippen molar-refractivity contribution in [3.8, 4) is 5.88 Å². The lowest BCUT2D eigenvalue weighted by Crippen LogP contribution is -2.40. The van der Waals surface area contributed by atoms with Gasteiger partial charge in [0.1, 0.15) is 4.99 Å². The zero-order valence-electron chi connectivity index (χ0n) is 13.1. The standard InChI is InChI=1S/C17H16BrN3OS/c1-10-7-13(9-19-15(10)22-3)17(20-11(2)16(23)21-17)12-5-4-6-14(18)8-12/h4-9H,1-3H3,(H,21,23)/t17-/m1/s1. The minimum absolute atomic E-state index is 0.611. The molecular weight excluding hydrogens is 374 g/mol. The number of aryl methyl sites for hydroxylation is 1. The van der Waals surface area contributed by atoms with Crippen LogP contribution in [-0.4, -0.2) is 22.8 Å². The van der Waals surface area contributed by atoms with Crippen LogP contribution in [0.25, 0.3) is 0 Å². The van der Waals surface area contributed by atoms with E-state index in [2.05, 4.69) is 26.2 Å². The number of thiocarbonyl (C=S) groups is 1. The molecule has 0 unspecified atom stereocenters. The van der Waals surface area contributed by atoms with Crippen LogP contribution in [0.15, 0.2) is 46.0 Å². The third kappa shape index (κ3) is 2.77. The van der Waals surface area contributed by atoms with E-state index in [1.165, 1.54) is 0 Å². The number of methoxy groups -OCH3 is 1. The quantitative estimate of drug-likeness (QED) is 0.811. The second-order valence-electron chi connectivity index (χ2n) is 5.42. The average molecular weight is 390 g/mol. The van der Waals surface area contributed by atoms with Crippen LogP contribution < -0.4 is 10.1 Å². The highest BCUT2D eigenvalue weighted by Crippen LogP contribution is 2.36. The fraction of sp³-hybridized carbons (Fsp3) is 0.235. The number of hydrogen-bond donors (Lipinski definition) is 1. The molecule has 3 rings (SSSR count). The van der Waals surface area contributed by atoms with Crippen molar-refractivity contribution in [1.82, 2.24) is 10.3 Å². The molecule has 1 aliphatic rings. The summed E-state index contributed by atoms with van der Waals surface area (Å²) in [5, 5.41) is 3.37. The molecule has 23 heavy (non-hydrogen) atoms. The second-order valence-corrected chi connectivity index (χ2v) is 6.75. The first kappa shape index (κ1) is 16.1. The molecule has 0 saturated heterocycles. The van der Waals surface area contributed by atoms with Crippen LogP contribution >= 0.6 is 28.1 Å². The van der Waals surface area contributed by atoms with Crippen molar-refractivity contribution in [3.63, 3.8) is 0 Å². The van der Waals surface area contributed by atoms with Crippen LogP contribution in [-0.2, 0) is 5.66 Å². The van der Waals surface area contributed by atoms with Crippen LogP contribution in [0.1, 0.15) is 23.6 Å². The number of hydrogen-bond acceptors (Lipinski definition) is 4. The Bertz CT molecular complexity index is 821. The number of nitrogens with zero attached hydrogens (tertiary/aromatic N) is 2. The van der Waals surface area contributed by atoms with E-state index in [0.29, 0.717) is 10.9 Å². The Morgan fingerprint density at radius 3 is 2.57 bits per heavy atom. The molecule has 0 saturated carbocycles. The van der Waals surface area contributed by atoms with Gasteiger partial charge in [-0.05, 0) is 32.0 Å². The molecule has 1 aromatic carbocycles. The maximum Gasteiger partial charge on any atom is 0.215 e. The third-order valence-electron chi connectivity index (χ3n) is 3.84. The average Bonchev–Trinajstić information content (AvgIpc) is 2.84. The summed E-state index contributed by atoms with van der Waals surface area (Å²) >= 11 is 8.93. The zero-order chi connectivity index (χ0) is 16.6. The normalized spacial score (nSPS) is 20.2. The number of pyridine rings is 1. The number of rotatable bonds is 3. The van der Waals surface area contributed by atoms with Crippen LogP contribution in [0.5, 0.6) is 5.88 Å². The van der Waals surface area contributed by atoms with Gasteiger partial charge in [-0.2, -0.15) is 0 Å². The molecule has 0 aliphatic carbocycles. The van der Waals surface area contributed by atoms with Crippen molar-refractivity contribution >= 4 is 38.8 Å². The van der Waals surface area contributed by atoms with E-state index >= 15 is 0 Å². The molecule has 0 bridgehead atoms. The first-order chi connectivity index (χ1) is 11.0. The predicted molar refractivity (Wildman–Crippen MR) is 99.3 cm³/mol. The van der Waals surface area contributed by atoms with E-state index in [4.69, 9.17) is 21.9 Å². The molecule has 2 aromatic rings. The van der Waals surface area contributed by atoms with Crippen molar-refractivity contribution in [2.24, 2.45) is 4.99 Å². The largest absolute Gasteiger partial charge is 0.481 e. The lowest BCUT2D eigenvalue weighted by molar-refractivity contribution is 0.393. The lowest BCUT2D eigenvalue weighted by Gasteiger charge is -2.28. The predicted octanol–water partition coefficient (Wildman–Crippen LogP) is 3.75. The Morgan fingerprint density at radius 1 is 1.22 bits per heavy atom. The highest BCUT2D eigenvalue weighted by molar-refractivity contribution is 9.10. The van der Waals surface area contributed by atoms with Crippen LogP contribution in [0, 0.1) is 6.92 Å². The van der Waals surface area contributed by atoms with Gasteiger partial charge in [0.25, 0.3) is 0 Å².